The summed E-state index contributed by atoms with van der Waals surface area (Å²) in [6.07, 6.45) is 18.2. The van der Waals surface area contributed by atoms with Crippen LogP contribution in [0.2, 0.25) is 0 Å². The van der Waals surface area contributed by atoms with Gasteiger partial charge in [0.25, 0.3) is 11.8 Å². The summed E-state index contributed by atoms with van der Waals surface area (Å²) in [5, 5.41) is 0. The lowest BCUT2D eigenvalue weighted by molar-refractivity contribution is 0.0736. The van der Waals surface area contributed by atoms with Crippen molar-refractivity contribution in [1.82, 2.24) is 14.8 Å². The molecule has 0 saturated carbocycles. The molecule has 0 unspecified atom stereocenters. The molecule has 0 spiro atoms. The van der Waals surface area contributed by atoms with E-state index in [1.165, 1.54) is 51.4 Å². The summed E-state index contributed by atoms with van der Waals surface area (Å²) >= 11 is 0. The maximum absolute atomic E-state index is 13.4. The molecule has 0 atom stereocenters. The van der Waals surface area contributed by atoms with Crippen molar-refractivity contribution in [2.24, 2.45) is 0 Å². The van der Waals surface area contributed by atoms with E-state index in [1.54, 1.807) is 12.1 Å². The average Bonchev–Trinajstić information content (AvgIpc) is 2.90. The van der Waals surface area contributed by atoms with Crippen LogP contribution in [0.25, 0.3) is 0 Å². The van der Waals surface area contributed by atoms with Gasteiger partial charge >= 0.3 is 0 Å². The molecule has 36 heavy (non-hydrogen) atoms. The number of aromatic nitrogens is 1. The second kappa shape index (κ2) is 21.2. The van der Waals surface area contributed by atoms with Crippen LogP contribution in [0.15, 0.2) is 18.2 Å². The first-order chi connectivity index (χ1) is 17.6. The lowest BCUT2D eigenvalue weighted by Gasteiger charge is -2.24. The number of hydrogen-bond donors (Lipinski definition) is 0. The summed E-state index contributed by atoms with van der Waals surface area (Å²) < 4.78 is 0. The van der Waals surface area contributed by atoms with Gasteiger partial charge in [-0.2, -0.15) is 0 Å². The highest BCUT2D eigenvalue weighted by molar-refractivity contribution is 5.96. The minimum absolute atomic E-state index is 0.0323. The van der Waals surface area contributed by atoms with E-state index in [4.69, 9.17) is 0 Å². The largest absolute Gasteiger partial charge is 0.337 e. The van der Waals surface area contributed by atoms with Crippen LogP contribution in [0.1, 0.15) is 151 Å². The lowest BCUT2D eigenvalue weighted by Crippen LogP contribution is -2.35. The van der Waals surface area contributed by atoms with Crippen molar-refractivity contribution in [2.45, 2.75) is 130 Å². The smallest absolute Gasteiger partial charge is 0.272 e. The predicted octanol–water partition coefficient (Wildman–Crippen LogP) is 8.29. The molecular weight excluding hydrogens is 446 g/mol. The molecule has 0 bridgehead atoms. The molecule has 0 aromatic carbocycles. The predicted molar refractivity (Wildman–Crippen MR) is 153 cm³/mol. The fourth-order valence-electron chi connectivity index (χ4n) is 4.54. The fourth-order valence-corrected chi connectivity index (χ4v) is 4.54. The molecule has 206 valence electrons. The van der Waals surface area contributed by atoms with Crippen molar-refractivity contribution < 1.29 is 9.59 Å². The number of rotatable bonds is 22. The van der Waals surface area contributed by atoms with Crippen LogP contribution in [0, 0.1) is 0 Å². The number of amides is 2. The zero-order chi connectivity index (χ0) is 26.4. The van der Waals surface area contributed by atoms with Crippen molar-refractivity contribution in [3.05, 3.63) is 29.6 Å². The van der Waals surface area contributed by atoms with Gasteiger partial charge in [-0.1, -0.05) is 111 Å². The van der Waals surface area contributed by atoms with Crippen molar-refractivity contribution >= 4 is 11.8 Å². The lowest BCUT2D eigenvalue weighted by atomic mass is 10.1. The van der Waals surface area contributed by atoms with Gasteiger partial charge in [0.05, 0.1) is 0 Å². The second-order valence-electron chi connectivity index (χ2n) is 10.2. The van der Waals surface area contributed by atoms with E-state index in [0.717, 1.165) is 77.5 Å². The zero-order valence-corrected chi connectivity index (χ0v) is 24.0. The summed E-state index contributed by atoms with van der Waals surface area (Å²) in [4.78, 5) is 35.4. The molecule has 0 N–H and O–H groups in total. The molecule has 0 aliphatic carbocycles. The van der Waals surface area contributed by atoms with Crippen molar-refractivity contribution in [2.75, 3.05) is 26.2 Å². The van der Waals surface area contributed by atoms with Crippen molar-refractivity contribution in [1.29, 1.82) is 0 Å². The van der Waals surface area contributed by atoms with Gasteiger partial charge in [0.2, 0.25) is 0 Å². The Morgan fingerprint density at radius 1 is 0.528 bits per heavy atom. The van der Waals surface area contributed by atoms with Gasteiger partial charge in [-0.05, 0) is 37.8 Å². The van der Waals surface area contributed by atoms with Gasteiger partial charge in [0, 0.05) is 26.2 Å². The molecule has 1 aromatic rings. The van der Waals surface area contributed by atoms with E-state index in [2.05, 4.69) is 32.7 Å². The standard InChI is InChI=1S/C31H55N3O2/c1-5-9-13-17-24-33(25-18-14-10-6-2)30(35)28-22-21-23-29(32-28)31(36)34(26-19-15-11-7-3)27-20-16-12-8-4/h21-23H,5-20,24-27H2,1-4H3. The van der Waals surface area contributed by atoms with Gasteiger partial charge in [0.15, 0.2) is 0 Å². The van der Waals surface area contributed by atoms with Crippen LogP contribution in [0.3, 0.4) is 0 Å². The van der Waals surface area contributed by atoms with E-state index in [-0.39, 0.29) is 11.8 Å². The van der Waals surface area contributed by atoms with E-state index in [1.807, 2.05) is 15.9 Å². The second-order valence-corrected chi connectivity index (χ2v) is 10.2. The first-order valence-corrected chi connectivity index (χ1v) is 15.1. The Balaban J connectivity index is 2.92. The first-order valence-electron chi connectivity index (χ1n) is 15.1. The molecule has 1 rings (SSSR count). The molecule has 0 fully saturated rings. The van der Waals surface area contributed by atoms with E-state index in [9.17, 15) is 9.59 Å². The summed E-state index contributed by atoms with van der Waals surface area (Å²) in [5.41, 5.74) is 0.812. The number of nitrogens with zero attached hydrogens (tertiary/aromatic N) is 3. The normalized spacial score (nSPS) is 11.0. The molecule has 1 heterocycles. The van der Waals surface area contributed by atoms with Crippen molar-refractivity contribution in [3.63, 3.8) is 0 Å². The highest BCUT2D eigenvalue weighted by Crippen LogP contribution is 2.13. The van der Waals surface area contributed by atoms with Crippen LogP contribution in [-0.4, -0.2) is 52.8 Å². The third-order valence-corrected chi connectivity index (χ3v) is 6.89. The van der Waals surface area contributed by atoms with Gasteiger partial charge in [-0.25, -0.2) is 4.98 Å². The Labute approximate surface area is 222 Å². The molecule has 0 saturated heterocycles. The van der Waals surface area contributed by atoms with E-state index in [0.29, 0.717) is 11.4 Å². The summed E-state index contributed by atoms with van der Waals surface area (Å²) in [6.45, 7) is 11.9. The topological polar surface area (TPSA) is 53.5 Å². The summed E-state index contributed by atoms with van der Waals surface area (Å²) in [7, 11) is 0. The van der Waals surface area contributed by atoms with Crippen LogP contribution >= 0.6 is 0 Å². The number of carbonyl (C=O) groups excluding carboxylic acids is 2. The van der Waals surface area contributed by atoms with E-state index >= 15 is 0 Å². The highest BCUT2D eigenvalue weighted by atomic mass is 16.2. The van der Waals surface area contributed by atoms with Gasteiger partial charge in [-0.3, -0.25) is 9.59 Å². The molecule has 0 aliphatic heterocycles. The minimum Gasteiger partial charge on any atom is -0.337 e. The maximum Gasteiger partial charge on any atom is 0.272 e. The van der Waals surface area contributed by atoms with Crippen LogP contribution < -0.4 is 0 Å². The Hall–Kier alpha value is -1.91. The quantitative estimate of drug-likeness (QED) is 0.150. The summed E-state index contributed by atoms with van der Waals surface area (Å²) in [5.74, 6) is -0.0647. The Morgan fingerprint density at radius 3 is 1.11 bits per heavy atom. The van der Waals surface area contributed by atoms with Crippen LogP contribution in [0.4, 0.5) is 0 Å². The van der Waals surface area contributed by atoms with Gasteiger partial charge in [0.1, 0.15) is 11.4 Å². The third-order valence-electron chi connectivity index (χ3n) is 6.89. The Kier molecular flexibility index (Phi) is 18.9. The first kappa shape index (κ1) is 32.1. The number of pyridine rings is 1. The monoisotopic (exact) mass is 501 g/mol. The van der Waals surface area contributed by atoms with Crippen molar-refractivity contribution in [3.8, 4) is 0 Å². The summed E-state index contributed by atoms with van der Waals surface area (Å²) in [6, 6.07) is 5.38. The van der Waals surface area contributed by atoms with Crippen LogP contribution in [-0.2, 0) is 0 Å². The zero-order valence-electron chi connectivity index (χ0n) is 24.0. The maximum atomic E-state index is 13.4. The third kappa shape index (κ3) is 13.4. The van der Waals surface area contributed by atoms with Gasteiger partial charge in [-0.15, -0.1) is 0 Å². The number of carbonyl (C=O) groups is 2. The molecule has 5 nitrogen and oxygen atoms in total. The number of hydrogen-bond acceptors (Lipinski definition) is 3. The number of unbranched alkanes of at least 4 members (excludes halogenated alkanes) is 12. The molecule has 2 amide bonds. The molecular formula is C31H55N3O2. The molecule has 5 heteroatoms. The molecule has 0 radical (unpaired) electrons. The average molecular weight is 502 g/mol. The molecule has 1 aromatic heterocycles. The van der Waals surface area contributed by atoms with E-state index < -0.39 is 0 Å². The SMILES string of the molecule is CCCCCCN(CCCCCC)C(=O)c1cccc(C(=O)N(CCCCCC)CCCCCC)n1. The molecule has 0 aliphatic rings. The van der Waals surface area contributed by atoms with Crippen LogP contribution in [0.5, 0.6) is 0 Å². The fraction of sp³-hybridized carbons (Fsp3) is 0.774. The van der Waals surface area contributed by atoms with Gasteiger partial charge < -0.3 is 9.80 Å². The highest BCUT2D eigenvalue weighted by Gasteiger charge is 2.21. The Bertz CT molecular complexity index is 628. The minimum atomic E-state index is -0.0323. The Morgan fingerprint density at radius 2 is 0.833 bits per heavy atom.